The fourth-order valence-corrected chi connectivity index (χ4v) is 3.28. The van der Waals surface area contributed by atoms with Gasteiger partial charge < -0.3 is 5.32 Å². The molecule has 1 amide bonds. The maximum absolute atomic E-state index is 12.2. The van der Waals surface area contributed by atoms with E-state index in [0.717, 1.165) is 18.4 Å². The van der Waals surface area contributed by atoms with E-state index in [-0.39, 0.29) is 10.8 Å². The highest BCUT2D eigenvalue weighted by Gasteiger charge is 2.38. The maximum atomic E-state index is 12.2. The number of nitrogens with one attached hydrogen (secondary N) is 2. The molecule has 0 spiro atoms. The Hall–Kier alpha value is -1.40. The number of unbranched alkanes of at least 4 members (excludes halogenated alkanes) is 1. The molecule has 5 nitrogen and oxygen atoms in total. The van der Waals surface area contributed by atoms with Crippen molar-refractivity contribution < 1.29 is 13.2 Å². The summed E-state index contributed by atoms with van der Waals surface area (Å²) >= 11 is 0. The third-order valence-electron chi connectivity index (χ3n) is 3.61. The molecule has 0 fully saturated rings. The van der Waals surface area contributed by atoms with E-state index in [9.17, 15) is 13.2 Å². The highest BCUT2D eigenvalue weighted by Crippen LogP contribution is 2.38. The van der Waals surface area contributed by atoms with Crippen LogP contribution in [0.2, 0.25) is 0 Å². The van der Waals surface area contributed by atoms with Crippen LogP contribution in [0.25, 0.3) is 0 Å². The Morgan fingerprint density at radius 2 is 2.00 bits per heavy atom. The molecule has 1 aromatic carbocycles. The van der Waals surface area contributed by atoms with Gasteiger partial charge in [-0.05, 0) is 44.0 Å². The molecule has 20 heavy (non-hydrogen) atoms. The van der Waals surface area contributed by atoms with E-state index in [1.165, 1.54) is 6.07 Å². The summed E-state index contributed by atoms with van der Waals surface area (Å²) in [6.07, 6.45) is 1.73. The summed E-state index contributed by atoms with van der Waals surface area (Å²) in [6, 6.07) is 4.76. The van der Waals surface area contributed by atoms with Gasteiger partial charge in [-0.1, -0.05) is 13.3 Å². The van der Waals surface area contributed by atoms with Gasteiger partial charge in [0.1, 0.15) is 0 Å². The number of carbonyl (C=O) groups is 1. The first-order valence-corrected chi connectivity index (χ1v) is 8.23. The van der Waals surface area contributed by atoms with Crippen LogP contribution in [0.3, 0.4) is 0 Å². The quantitative estimate of drug-likeness (QED) is 0.816. The van der Waals surface area contributed by atoms with Gasteiger partial charge in [0.05, 0.1) is 10.3 Å². The lowest BCUT2D eigenvalue weighted by Gasteiger charge is -2.16. The van der Waals surface area contributed by atoms with Crippen molar-refractivity contribution in [1.82, 2.24) is 4.72 Å². The summed E-state index contributed by atoms with van der Waals surface area (Å²) in [5.41, 5.74) is 0.706. The van der Waals surface area contributed by atoms with Crippen molar-refractivity contribution in [2.45, 2.75) is 43.9 Å². The zero-order valence-corrected chi connectivity index (χ0v) is 12.8. The Morgan fingerprint density at radius 1 is 1.30 bits per heavy atom. The van der Waals surface area contributed by atoms with Crippen LogP contribution < -0.4 is 10.0 Å². The van der Waals surface area contributed by atoms with E-state index < -0.39 is 15.4 Å². The number of rotatable bonds is 5. The van der Waals surface area contributed by atoms with Crippen LogP contribution in [0, 0.1) is 0 Å². The van der Waals surface area contributed by atoms with Gasteiger partial charge in [0.2, 0.25) is 15.9 Å². The van der Waals surface area contributed by atoms with Gasteiger partial charge in [0, 0.05) is 12.2 Å². The molecule has 1 aromatic rings. The molecule has 2 N–H and O–H groups in total. The van der Waals surface area contributed by atoms with Crippen LogP contribution in [0.5, 0.6) is 0 Å². The monoisotopic (exact) mass is 296 g/mol. The topological polar surface area (TPSA) is 75.3 Å². The first kappa shape index (κ1) is 15.0. The van der Waals surface area contributed by atoms with Crippen LogP contribution in [0.15, 0.2) is 23.1 Å². The summed E-state index contributed by atoms with van der Waals surface area (Å²) < 4.78 is 26.9. The van der Waals surface area contributed by atoms with E-state index in [1.807, 2.05) is 6.92 Å². The molecule has 0 radical (unpaired) electrons. The second-order valence-corrected chi connectivity index (χ2v) is 7.30. The number of benzene rings is 1. The normalized spacial score (nSPS) is 16.9. The molecule has 0 saturated carbocycles. The smallest absolute Gasteiger partial charge is 0.240 e. The number of anilines is 1. The lowest BCUT2D eigenvalue weighted by molar-refractivity contribution is -0.119. The largest absolute Gasteiger partial charge is 0.325 e. The Kier molecular flexibility index (Phi) is 3.88. The van der Waals surface area contributed by atoms with E-state index >= 15 is 0 Å². The maximum Gasteiger partial charge on any atom is 0.240 e. The molecule has 0 saturated heterocycles. The van der Waals surface area contributed by atoms with Gasteiger partial charge in [0.25, 0.3) is 0 Å². The molecule has 6 heteroatoms. The summed E-state index contributed by atoms with van der Waals surface area (Å²) in [5, 5.41) is 2.76. The van der Waals surface area contributed by atoms with Gasteiger partial charge in [-0.3, -0.25) is 4.79 Å². The van der Waals surface area contributed by atoms with E-state index in [2.05, 4.69) is 10.0 Å². The van der Waals surface area contributed by atoms with Crippen molar-refractivity contribution in [2.75, 3.05) is 11.9 Å². The number of hydrogen-bond acceptors (Lipinski definition) is 3. The summed E-state index contributed by atoms with van der Waals surface area (Å²) in [7, 11) is -3.51. The average Bonchev–Trinajstić information content (AvgIpc) is 2.60. The number of hydrogen-bond donors (Lipinski definition) is 2. The molecule has 1 heterocycles. The van der Waals surface area contributed by atoms with Crippen LogP contribution in [-0.2, 0) is 20.2 Å². The SMILES string of the molecule is CCCCNS(=O)(=O)c1ccc2c(c1)C(C)(C)C(=O)N2. The summed E-state index contributed by atoms with van der Waals surface area (Å²) in [4.78, 5) is 12.1. The zero-order valence-electron chi connectivity index (χ0n) is 12.0. The zero-order chi connectivity index (χ0) is 15.0. The molecular weight excluding hydrogens is 276 g/mol. The van der Waals surface area contributed by atoms with Crippen molar-refractivity contribution >= 4 is 21.6 Å². The second kappa shape index (κ2) is 5.18. The fraction of sp³-hybridized carbons (Fsp3) is 0.500. The number of amides is 1. The summed E-state index contributed by atoms with van der Waals surface area (Å²) in [5.74, 6) is -0.110. The van der Waals surface area contributed by atoms with Gasteiger partial charge in [-0.15, -0.1) is 0 Å². The number of sulfonamides is 1. The van der Waals surface area contributed by atoms with Gasteiger partial charge in [0.15, 0.2) is 0 Å². The van der Waals surface area contributed by atoms with Crippen LogP contribution >= 0.6 is 0 Å². The van der Waals surface area contributed by atoms with Crippen molar-refractivity contribution in [2.24, 2.45) is 0 Å². The van der Waals surface area contributed by atoms with Crippen molar-refractivity contribution in [1.29, 1.82) is 0 Å². The minimum atomic E-state index is -3.51. The van der Waals surface area contributed by atoms with E-state index in [0.29, 0.717) is 12.2 Å². The molecule has 110 valence electrons. The first-order valence-electron chi connectivity index (χ1n) is 6.74. The third-order valence-corrected chi connectivity index (χ3v) is 5.07. The average molecular weight is 296 g/mol. The Bertz CT molecular complexity index is 636. The Labute approximate surface area is 119 Å². The van der Waals surface area contributed by atoms with Gasteiger partial charge in [-0.2, -0.15) is 0 Å². The summed E-state index contributed by atoms with van der Waals surface area (Å²) in [6.45, 7) is 6.00. The molecule has 1 aliphatic rings. The predicted octanol–water partition coefficient (Wildman–Crippen LogP) is 1.99. The van der Waals surface area contributed by atoms with E-state index in [4.69, 9.17) is 0 Å². The van der Waals surface area contributed by atoms with Gasteiger partial charge in [-0.25, -0.2) is 13.1 Å². The molecule has 0 unspecified atom stereocenters. The number of carbonyl (C=O) groups excluding carboxylic acids is 1. The van der Waals surface area contributed by atoms with Crippen LogP contribution in [0.1, 0.15) is 39.2 Å². The predicted molar refractivity (Wildman–Crippen MR) is 78.2 cm³/mol. The van der Waals surface area contributed by atoms with E-state index in [1.54, 1.807) is 26.0 Å². The van der Waals surface area contributed by atoms with Crippen molar-refractivity contribution in [3.8, 4) is 0 Å². The first-order chi connectivity index (χ1) is 9.29. The molecule has 2 rings (SSSR count). The van der Waals surface area contributed by atoms with Gasteiger partial charge >= 0.3 is 0 Å². The standard InChI is InChI=1S/C14H20N2O3S/c1-4-5-8-15-20(18,19)10-6-7-12-11(9-10)14(2,3)13(17)16-12/h6-7,9,15H,4-5,8H2,1-3H3,(H,16,17). The lowest BCUT2D eigenvalue weighted by atomic mass is 9.86. The lowest BCUT2D eigenvalue weighted by Crippen LogP contribution is -2.27. The minimum absolute atomic E-state index is 0.110. The molecule has 1 aliphatic heterocycles. The molecule has 0 aromatic heterocycles. The fourth-order valence-electron chi connectivity index (χ4n) is 2.18. The van der Waals surface area contributed by atoms with Crippen molar-refractivity contribution in [3.63, 3.8) is 0 Å². The Balaban J connectivity index is 2.33. The van der Waals surface area contributed by atoms with Crippen molar-refractivity contribution in [3.05, 3.63) is 23.8 Å². The minimum Gasteiger partial charge on any atom is -0.325 e. The second-order valence-electron chi connectivity index (χ2n) is 5.54. The number of fused-ring (bicyclic) bond motifs is 1. The molecule has 0 aliphatic carbocycles. The highest BCUT2D eigenvalue weighted by molar-refractivity contribution is 7.89. The molecular formula is C14H20N2O3S. The Morgan fingerprint density at radius 3 is 2.65 bits per heavy atom. The van der Waals surface area contributed by atoms with Crippen LogP contribution in [0.4, 0.5) is 5.69 Å². The molecule has 0 bridgehead atoms. The highest BCUT2D eigenvalue weighted by atomic mass is 32.2. The van der Waals surface area contributed by atoms with Crippen LogP contribution in [-0.4, -0.2) is 20.9 Å². The molecule has 0 atom stereocenters. The third kappa shape index (κ3) is 2.58.